The molecule has 1 fully saturated rings. The second-order valence-corrected chi connectivity index (χ2v) is 6.26. The standard InChI is InChI=1S/C16H24N6O/c1-12(2)22-9-7-17-14(22)10-20-16(23)21-8-3-4-13(11-21)15-18-5-6-19-15/h5-7,9,12-13H,3-4,8,10-11H2,1-2H3,(H,18,19)(H,20,23)/t13-/m0/s1. The molecule has 0 aliphatic carbocycles. The first-order chi connectivity index (χ1) is 11.1. The van der Waals surface area contributed by atoms with E-state index >= 15 is 0 Å². The molecule has 1 aliphatic heterocycles. The molecule has 2 aromatic rings. The number of rotatable bonds is 4. The summed E-state index contributed by atoms with van der Waals surface area (Å²) >= 11 is 0. The molecule has 0 unspecified atom stereocenters. The quantitative estimate of drug-likeness (QED) is 0.908. The van der Waals surface area contributed by atoms with Gasteiger partial charge < -0.3 is 19.8 Å². The van der Waals surface area contributed by atoms with Crippen molar-refractivity contribution in [3.8, 4) is 0 Å². The van der Waals surface area contributed by atoms with Crippen molar-refractivity contribution in [3.63, 3.8) is 0 Å². The van der Waals surface area contributed by atoms with Crippen LogP contribution in [-0.2, 0) is 6.54 Å². The highest BCUT2D eigenvalue weighted by Gasteiger charge is 2.26. The van der Waals surface area contributed by atoms with Crippen LogP contribution in [0.5, 0.6) is 0 Å². The van der Waals surface area contributed by atoms with Gasteiger partial charge in [0.05, 0.1) is 6.54 Å². The van der Waals surface area contributed by atoms with Gasteiger partial charge in [-0.3, -0.25) is 0 Å². The molecule has 3 rings (SSSR count). The topological polar surface area (TPSA) is 78.8 Å². The van der Waals surface area contributed by atoms with E-state index in [0.717, 1.165) is 31.0 Å². The zero-order valence-electron chi connectivity index (χ0n) is 13.7. The molecule has 23 heavy (non-hydrogen) atoms. The van der Waals surface area contributed by atoms with Gasteiger partial charge in [-0.05, 0) is 26.7 Å². The summed E-state index contributed by atoms with van der Waals surface area (Å²) in [5.74, 6) is 2.15. The molecular weight excluding hydrogens is 292 g/mol. The maximum absolute atomic E-state index is 12.4. The van der Waals surface area contributed by atoms with Gasteiger partial charge in [0.2, 0.25) is 0 Å². The largest absolute Gasteiger partial charge is 0.348 e. The van der Waals surface area contributed by atoms with Crippen LogP contribution in [0.4, 0.5) is 4.79 Å². The highest BCUT2D eigenvalue weighted by atomic mass is 16.2. The van der Waals surface area contributed by atoms with Crippen LogP contribution < -0.4 is 5.32 Å². The van der Waals surface area contributed by atoms with Crippen molar-refractivity contribution >= 4 is 6.03 Å². The van der Waals surface area contributed by atoms with Crippen LogP contribution in [0, 0.1) is 0 Å². The summed E-state index contributed by atoms with van der Waals surface area (Å²) in [7, 11) is 0. The van der Waals surface area contributed by atoms with Gasteiger partial charge in [-0.2, -0.15) is 0 Å². The minimum Gasteiger partial charge on any atom is -0.348 e. The van der Waals surface area contributed by atoms with E-state index in [9.17, 15) is 4.79 Å². The molecule has 1 atom stereocenters. The predicted octanol–water partition coefficient (Wildman–Crippen LogP) is 2.28. The number of nitrogens with one attached hydrogen (secondary N) is 2. The summed E-state index contributed by atoms with van der Waals surface area (Å²) < 4.78 is 2.07. The minimum absolute atomic E-state index is 0.0282. The van der Waals surface area contributed by atoms with Crippen molar-refractivity contribution in [1.29, 1.82) is 0 Å². The molecule has 3 heterocycles. The van der Waals surface area contributed by atoms with Crippen molar-refractivity contribution in [2.24, 2.45) is 0 Å². The van der Waals surface area contributed by atoms with Gasteiger partial charge in [0.25, 0.3) is 0 Å². The maximum Gasteiger partial charge on any atom is 0.317 e. The number of nitrogens with zero attached hydrogens (tertiary/aromatic N) is 4. The molecule has 124 valence electrons. The summed E-state index contributed by atoms with van der Waals surface area (Å²) in [6.45, 7) is 6.16. The summed E-state index contributed by atoms with van der Waals surface area (Å²) in [4.78, 5) is 26.1. The van der Waals surface area contributed by atoms with Crippen LogP contribution in [0.3, 0.4) is 0 Å². The molecular formula is C16H24N6O. The van der Waals surface area contributed by atoms with Gasteiger partial charge in [0, 0.05) is 49.8 Å². The van der Waals surface area contributed by atoms with Gasteiger partial charge in [0.1, 0.15) is 11.6 Å². The lowest BCUT2D eigenvalue weighted by Crippen LogP contribution is -2.45. The van der Waals surface area contributed by atoms with Gasteiger partial charge in [-0.15, -0.1) is 0 Å². The van der Waals surface area contributed by atoms with Gasteiger partial charge in [-0.1, -0.05) is 0 Å². The van der Waals surface area contributed by atoms with E-state index in [2.05, 4.69) is 38.7 Å². The van der Waals surface area contributed by atoms with E-state index in [1.165, 1.54) is 0 Å². The number of urea groups is 1. The first kappa shape index (κ1) is 15.6. The SMILES string of the molecule is CC(C)n1ccnc1CNC(=O)N1CCC[C@H](c2ncc[nH]2)C1. The summed E-state index contributed by atoms with van der Waals surface area (Å²) in [6.07, 6.45) is 9.38. The molecule has 2 aromatic heterocycles. The first-order valence-electron chi connectivity index (χ1n) is 8.19. The number of aromatic amines is 1. The third-order valence-electron chi connectivity index (χ3n) is 4.32. The zero-order chi connectivity index (χ0) is 16.2. The number of likely N-dealkylation sites (tertiary alicyclic amines) is 1. The van der Waals surface area contributed by atoms with E-state index < -0.39 is 0 Å². The first-order valence-corrected chi connectivity index (χ1v) is 8.19. The van der Waals surface area contributed by atoms with E-state index in [0.29, 0.717) is 25.0 Å². The van der Waals surface area contributed by atoms with E-state index in [4.69, 9.17) is 0 Å². The summed E-state index contributed by atoms with van der Waals surface area (Å²) in [5.41, 5.74) is 0. The lowest BCUT2D eigenvalue weighted by Gasteiger charge is -2.31. The Kier molecular flexibility index (Phi) is 4.64. The number of carbonyl (C=O) groups excluding carboxylic acids is 1. The fraction of sp³-hybridized carbons (Fsp3) is 0.562. The Hall–Kier alpha value is -2.31. The van der Waals surface area contributed by atoms with Gasteiger partial charge >= 0.3 is 6.03 Å². The predicted molar refractivity (Wildman–Crippen MR) is 87.0 cm³/mol. The molecule has 0 saturated carbocycles. The molecule has 7 nitrogen and oxygen atoms in total. The number of amides is 2. The zero-order valence-corrected chi connectivity index (χ0v) is 13.7. The van der Waals surface area contributed by atoms with Crippen LogP contribution in [0.15, 0.2) is 24.8 Å². The van der Waals surface area contributed by atoms with Crippen LogP contribution in [0.25, 0.3) is 0 Å². The number of carbonyl (C=O) groups is 1. The third kappa shape index (κ3) is 3.55. The number of hydrogen-bond donors (Lipinski definition) is 2. The van der Waals surface area contributed by atoms with Crippen LogP contribution >= 0.6 is 0 Å². The monoisotopic (exact) mass is 316 g/mol. The Labute approximate surface area is 136 Å². The Morgan fingerprint density at radius 3 is 3.04 bits per heavy atom. The number of hydrogen-bond acceptors (Lipinski definition) is 3. The smallest absolute Gasteiger partial charge is 0.317 e. The van der Waals surface area contributed by atoms with Crippen LogP contribution in [-0.4, -0.2) is 43.5 Å². The number of H-pyrrole nitrogens is 1. The average Bonchev–Trinajstić information content (AvgIpc) is 3.24. The summed E-state index contributed by atoms with van der Waals surface area (Å²) in [5, 5.41) is 2.99. The number of piperidine rings is 1. The Morgan fingerprint density at radius 1 is 1.43 bits per heavy atom. The molecule has 0 spiro atoms. The minimum atomic E-state index is -0.0282. The second kappa shape index (κ2) is 6.85. The Morgan fingerprint density at radius 2 is 2.30 bits per heavy atom. The molecule has 0 bridgehead atoms. The normalized spacial score (nSPS) is 18.4. The molecule has 2 N–H and O–H groups in total. The van der Waals surface area contributed by atoms with Gasteiger partial charge in [-0.25, -0.2) is 14.8 Å². The Bertz CT molecular complexity index is 633. The highest BCUT2D eigenvalue weighted by Crippen LogP contribution is 2.24. The second-order valence-electron chi connectivity index (χ2n) is 6.26. The maximum atomic E-state index is 12.4. The molecule has 1 aliphatic rings. The van der Waals surface area contributed by atoms with Gasteiger partial charge in [0.15, 0.2) is 0 Å². The fourth-order valence-corrected chi connectivity index (χ4v) is 3.10. The fourth-order valence-electron chi connectivity index (χ4n) is 3.10. The third-order valence-corrected chi connectivity index (χ3v) is 4.32. The lowest BCUT2D eigenvalue weighted by atomic mass is 9.98. The van der Waals surface area contributed by atoms with Crippen molar-refractivity contribution < 1.29 is 4.79 Å². The molecule has 7 heteroatoms. The van der Waals surface area contributed by atoms with E-state index in [-0.39, 0.29) is 6.03 Å². The highest BCUT2D eigenvalue weighted by molar-refractivity contribution is 5.74. The van der Waals surface area contributed by atoms with Crippen molar-refractivity contribution in [2.75, 3.05) is 13.1 Å². The van der Waals surface area contributed by atoms with Crippen LogP contribution in [0.2, 0.25) is 0 Å². The van der Waals surface area contributed by atoms with Crippen molar-refractivity contribution in [2.45, 2.75) is 45.2 Å². The van der Waals surface area contributed by atoms with Crippen molar-refractivity contribution in [1.82, 2.24) is 29.7 Å². The average molecular weight is 316 g/mol. The van der Waals surface area contributed by atoms with E-state index in [1.54, 1.807) is 12.4 Å². The number of imidazole rings is 2. The molecule has 1 saturated heterocycles. The lowest BCUT2D eigenvalue weighted by molar-refractivity contribution is 0.177. The van der Waals surface area contributed by atoms with Crippen molar-refractivity contribution in [3.05, 3.63) is 36.4 Å². The molecule has 0 aromatic carbocycles. The summed E-state index contributed by atoms with van der Waals surface area (Å²) in [6, 6.07) is 0.308. The molecule has 0 radical (unpaired) electrons. The molecule has 2 amide bonds. The Balaban J connectivity index is 1.56. The van der Waals surface area contributed by atoms with E-state index in [1.807, 2.05) is 17.3 Å². The van der Waals surface area contributed by atoms with Crippen LogP contribution in [0.1, 0.15) is 50.3 Å². The number of aromatic nitrogens is 4.